The molecular weight excluding hydrogens is 448 g/mol. The van der Waals surface area contributed by atoms with Gasteiger partial charge in [0.2, 0.25) is 0 Å². The second kappa shape index (κ2) is 11.0. The van der Waals surface area contributed by atoms with Crippen molar-refractivity contribution < 1.29 is 9.59 Å². The van der Waals surface area contributed by atoms with E-state index in [1.165, 1.54) is 0 Å². The lowest BCUT2D eigenvalue weighted by atomic mass is 10.0. The quantitative estimate of drug-likeness (QED) is 0.281. The maximum atomic E-state index is 13.5. The Morgan fingerprint density at radius 1 is 1.06 bits per heavy atom. The van der Waals surface area contributed by atoms with E-state index in [1.807, 2.05) is 66.1 Å². The van der Waals surface area contributed by atoms with Crippen LogP contribution in [0.5, 0.6) is 0 Å². The summed E-state index contributed by atoms with van der Waals surface area (Å²) in [6, 6.07) is 20.2. The fraction of sp³-hybridized carbons (Fsp3) is 0.333. The van der Waals surface area contributed by atoms with Crippen molar-refractivity contribution in [2.75, 3.05) is 29.9 Å². The summed E-state index contributed by atoms with van der Waals surface area (Å²) in [6.45, 7) is 5.65. The fourth-order valence-corrected chi connectivity index (χ4v) is 5.36. The van der Waals surface area contributed by atoms with Gasteiger partial charge in [-0.1, -0.05) is 42.5 Å². The van der Waals surface area contributed by atoms with Crippen LogP contribution in [-0.4, -0.2) is 41.9 Å². The number of benzene rings is 2. The number of nitrogens with one attached hydrogen (secondary N) is 2. The molecule has 2 aliphatic heterocycles. The van der Waals surface area contributed by atoms with Crippen molar-refractivity contribution in [1.82, 2.24) is 9.88 Å². The van der Waals surface area contributed by atoms with Gasteiger partial charge in [0.25, 0.3) is 11.7 Å². The Hall–Kier alpha value is -3.64. The Balaban J connectivity index is 1.35. The number of rotatable bonds is 7. The molecule has 0 spiro atoms. The van der Waals surface area contributed by atoms with Gasteiger partial charge in [-0.3, -0.25) is 9.59 Å². The Bertz CT molecular complexity index is 1240. The van der Waals surface area contributed by atoms with E-state index < -0.39 is 11.7 Å². The molecule has 2 aliphatic rings. The molecule has 0 bridgehead atoms. The molecule has 6 nitrogen and oxygen atoms in total. The number of aromatic nitrogens is 1. The van der Waals surface area contributed by atoms with E-state index >= 15 is 0 Å². The first-order chi connectivity index (χ1) is 17.7. The van der Waals surface area contributed by atoms with Gasteiger partial charge in [-0.15, -0.1) is 0 Å². The van der Waals surface area contributed by atoms with Gasteiger partial charge in [0.15, 0.2) is 0 Å². The number of hydrogen-bond donors (Lipinski definition) is 2. The van der Waals surface area contributed by atoms with Crippen LogP contribution in [0.1, 0.15) is 42.4 Å². The smallest absolute Gasteiger partial charge is 0.298 e. The normalized spacial score (nSPS) is 17.7. The largest absolute Gasteiger partial charge is 0.366 e. The molecule has 186 valence electrons. The number of Topliss-reactive ketones (excluding diaryl/α,β-unsaturated/α-hetero) is 1. The fourth-order valence-electron chi connectivity index (χ4n) is 5.36. The molecule has 5 rings (SSSR count). The zero-order chi connectivity index (χ0) is 24.9. The van der Waals surface area contributed by atoms with E-state index in [0.29, 0.717) is 17.4 Å². The van der Waals surface area contributed by atoms with Gasteiger partial charge >= 0.3 is 0 Å². The molecule has 6 heteroatoms. The number of carbonyl (C=O) groups is 2. The second-order valence-electron chi connectivity index (χ2n) is 9.56. The summed E-state index contributed by atoms with van der Waals surface area (Å²) < 4.78 is 2.05. The molecule has 36 heavy (non-hydrogen) atoms. The minimum atomic E-state index is -0.598. The summed E-state index contributed by atoms with van der Waals surface area (Å²) in [7, 11) is 0. The molecule has 1 amide bonds. The van der Waals surface area contributed by atoms with E-state index in [0.717, 1.165) is 74.4 Å². The molecule has 2 N–H and O–H groups in total. The minimum absolute atomic E-state index is 0.397. The van der Waals surface area contributed by atoms with Gasteiger partial charge in [0, 0.05) is 54.9 Å². The third-order valence-corrected chi connectivity index (χ3v) is 7.20. The van der Waals surface area contributed by atoms with Crippen LogP contribution >= 0.6 is 0 Å². The van der Waals surface area contributed by atoms with E-state index in [-0.39, 0.29) is 0 Å². The van der Waals surface area contributed by atoms with Crippen LogP contribution < -0.4 is 15.5 Å². The van der Waals surface area contributed by atoms with Crippen molar-refractivity contribution in [1.29, 1.82) is 0 Å². The summed E-state index contributed by atoms with van der Waals surface area (Å²) in [6.07, 6.45) is 8.33. The summed E-state index contributed by atoms with van der Waals surface area (Å²) in [5, 5.41) is 6.32. The van der Waals surface area contributed by atoms with Crippen molar-refractivity contribution in [2.24, 2.45) is 0 Å². The first-order valence-electron chi connectivity index (χ1n) is 13.0. The summed E-state index contributed by atoms with van der Waals surface area (Å²) in [5.74, 6) is -1.08. The summed E-state index contributed by atoms with van der Waals surface area (Å²) >= 11 is 0. The van der Waals surface area contributed by atoms with E-state index in [2.05, 4.69) is 33.8 Å². The van der Waals surface area contributed by atoms with E-state index in [4.69, 9.17) is 0 Å². The first-order valence-corrected chi connectivity index (χ1v) is 13.0. The summed E-state index contributed by atoms with van der Waals surface area (Å²) in [4.78, 5) is 29.0. The number of carbonyl (C=O) groups excluding carboxylic acids is 2. The number of piperazine rings is 1. The number of fused-ring (bicyclic) bond motifs is 1. The zero-order valence-electron chi connectivity index (χ0n) is 20.9. The van der Waals surface area contributed by atoms with Crippen molar-refractivity contribution in [3.05, 3.63) is 84.2 Å². The van der Waals surface area contributed by atoms with Crippen molar-refractivity contribution in [3.8, 4) is 11.1 Å². The number of nitrogens with zero attached hydrogens (tertiary/aromatic N) is 2. The molecule has 3 aromatic rings. The van der Waals surface area contributed by atoms with Crippen LogP contribution in [-0.2, 0) is 17.8 Å². The molecule has 0 aliphatic carbocycles. The first kappa shape index (κ1) is 24.1. The number of aryl methyl sites for hydroxylation is 1. The topological polar surface area (TPSA) is 66.4 Å². The number of allylic oxidation sites excluding steroid dienone is 1. The summed E-state index contributed by atoms with van der Waals surface area (Å²) in [5.41, 5.74) is 5.19. The van der Waals surface area contributed by atoms with E-state index in [1.54, 1.807) is 0 Å². The van der Waals surface area contributed by atoms with Gasteiger partial charge < -0.3 is 20.1 Å². The van der Waals surface area contributed by atoms with Crippen LogP contribution in [0.15, 0.2) is 72.8 Å². The van der Waals surface area contributed by atoms with Gasteiger partial charge in [-0.05, 0) is 68.5 Å². The van der Waals surface area contributed by atoms with Gasteiger partial charge in [-0.25, -0.2) is 0 Å². The van der Waals surface area contributed by atoms with Crippen LogP contribution in [0.25, 0.3) is 11.1 Å². The van der Waals surface area contributed by atoms with Crippen LogP contribution in [0, 0.1) is 0 Å². The average Bonchev–Trinajstić information content (AvgIpc) is 3.32. The van der Waals surface area contributed by atoms with Gasteiger partial charge in [-0.2, -0.15) is 0 Å². The lowest BCUT2D eigenvalue weighted by Gasteiger charge is -2.37. The molecule has 3 heterocycles. The molecular formula is C30H34N4O2. The van der Waals surface area contributed by atoms with Gasteiger partial charge in [0.05, 0.1) is 0 Å². The maximum absolute atomic E-state index is 13.5. The molecule has 2 aromatic carbocycles. The van der Waals surface area contributed by atoms with Crippen molar-refractivity contribution >= 4 is 23.1 Å². The Labute approximate surface area is 213 Å². The zero-order valence-corrected chi connectivity index (χ0v) is 20.9. The predicted octanol–water partition coefficient (Wildman–Crippen LogP) is 5.06. The number of amides is 1. The van der Waals surface area contributed by atoms with Crippen LogP contribution in [0.2, 0.25) is 0 Å². The minimum Gasteiger partial charge on any atom is -0.366 e. The van der Waals surface area contributed by atoms with Gasteiger partial charge in [0.1, 0.15) is 5.69 Å². The lowest BCUT2D eigenvalue weighted by Crippen LogP contribution is -2.51. The lowest BCUT2D eigenvalue weighted by molar-refractivity contribution is -0.112. The number of ketones is 1. The Kier molecular flexibility index (Phi) is 7.33. The Morgan fingerprint density at radius 2 is 1.86 bits per heavy atom. The van der Waals surface area contributed by atoms with Crippen molar-refractivity contribution in [2.45, 2.75) is 45.2 Å². The highest BCUT2D eigenvalue weighted by Crippen LogP contribution is 2.31. The number of anilines is 2. The second-order valence-corrected chi connectivity index (χ2v) is 9.56. The average molecular weight is 483 g/mol. The highest BCUT2D eigenvalue weighted by Gasteiger charge is 2.28. The third kappa shape index (κ3) is 5.00. The molecule has 0 radical (unpaired) electrons. The van der Waals surface area contributed by atoms with Crippen molar-refractivity contribution in [3.63, 3.8) is 0 Å². The molecule has 1 atom stereocenters. The number of hydrogen-bond acceptors (Lipinski definition) is 4. The molecule has 1 unspecified atom stereocenters. The molecule has 1 aromatic heterocycles. The Morgan fingerprint density at radius 3 is 2.64 bits per heavy atom. The standard InChI is InChI=1S/C30H34N4O2/c1-2-3-11-26-21-31-17-19-33(26)24-15-13-23(14-16-24)32-30(36)29(35)28-27(22-9-5-4-6-10-22)20-25-12-7-8-18-34(25)28/h2-6,9-10,13-16,20,26,31H,7-8,11-12,17-19,21H2,1H3,(H,32,36)/b3-2+. The maximum Gasteiger partial charge on any atom is 0.298 e. The highest BCUT2D eigenvalue weighted by molar-refractivity contribution is 6.47. The third-order valence-electron chi connectivity index (χ3n) is 7.20. The predicted molar refractivity (Wildman–Crippen MR) is 146 cm³/mol. The molecule has 1 fully saturated rings. The van der Waals surface area contributed by atoms with Crippen LogP contribution in [0.3, 0.4) is 0 Å². The monoisotopic (exact) mass is 482 g/mol. The van der Waals surface area contributed by atoms with E-state index in [9.17, 15) is 9.59 Å². The SMILES string of the molecule is C/C=C/CC1CNCCN1c1ccc(NC(=O)C(=O)c2c(-c3ccccc3)cc3n2CCCC3)cc1. The highest BCUT2D eigenvalue weighted by atomic mass is 16.2. The molecule has 1 saturated heterocycles. The van der Waals surface area contributed by atoms with Crippen LogP contribution in [0.4, 0.5) is 11.4 Å². The molecule has 0 saturated carbocycles.